The van der Waals surface area contributed by atoms with Crippen LogP contribution in [0.5, 0.6) is 0 Å². The zero-order valence-corrected chi connectivity index (χ0v) is 20.1. The van der Waals surface area contributed by atoms with Gasteiger partial charge >= 0.3 is 0 Å². The molecule has 3 heterocycles. The maximum atomic E-state index is 13.4. The molecule has 3 aliphatic rings. The number of carbonyl (C=O) groups is 1. The quantitative estimate of drug-likeness (QED) is 0.528. The number of likely N-dealkylation sites (tertiary alicyclic amines) is 1. The van der Waals surface area contributed by atoms with Crippen LogP contribution in [0, 0.1) is 5.41 Å². The minimum Gasteiger partial charge on any atom is -0.368 e. The lowest BCUT2D eigenvalue weighted by Gasteiger charge is -2.34. The van der Waals surface area contributed by atoms with Crippen molar-refractivity contribution < 1.29 is 17.9 Å². The predicted octanol–water partition coefficient (Wildman–Crippen LogP) is 2.75. The summed E-state index contributed by atoms with van der Waals surface area (Å²) in [6, 6.07) is 17.7. The number of aromatic nitrogens is 2. The molecule has 2 saturated heterocycles. The first-order chi connectivity index (χ1) is 17.0. The van der Waals surface area contributed by atoms with E-state index >= 15 is 0 Å². The van der Waals surface area contributed by atoms with E-state index in [4.69, 9.17) is 4.74 Å². The molecule has 182 valence electrons. The monoisotopic (exact) mass is 492 g/mol. The molecule has 3 fully saturated rings. The van der Waals surface area contributed by atoms with Gasteiger partial charge in [-0.15, -0.1) is 0 Å². The summed E-state index contributed by atoms with van der Waals surface area (Å²) in [7, 11) is -3.81. The molecule has 1 aromatic heterocycles. The fourth-order valence-corrected chi connectivity index (χ4v) is 6.71. The summed E-state index contributed by atoms with van der Waals surface area (Å²) >= 11 is 0. The SMILES string of the molecule is O=C([C@H]1CCO1)N1CC2(CC2)[C@H](NS(=O)(=O)c2cnc[nH]2)[C@@H]1Cc1cccc(-c2ccccc2)c1. The van der Waals surface area contributed by atoms with Gasteiger partial charge in [0.1, 0.15) is 6.10 Å². The third-order valence-corrected chi connectivity index (χ3v) is 8.97. The number of hydrogen-bond donors (Lipinski definition) is 2. The third-order valence-electron chi connectivity index (χ3n) is 7.60. The second-order valence-corrected chi connectivity index (χ2v) is 11.5. The number of imidazole rings is 1. The first-order valence-corrected chi connectivity index (χ1v) is 13.5. The number of nitrogens with one attached hydrogen (secondary N) is 2. The average Bonchev–Trinajstić information content (AvgIpc) is 3.26. The highest BCUT2D eigenvalue weighted by Crippen LogP contribution is 2.56. The van der Waals surface area contributed by atoms with Crippen molar-refractivity contribution in [3.05, 3.63) is 72.7 Å². The molecule has 1 saturated carbocycles. The van der Waals surface area contributed by atoms with Crippen molar-refractivity contribution in [3.8, 4) is 11.1 Å². The van der Waals surface area contributed by atoms with Crippen molar-refractivity contribution in [1.29, 1.82) is 0 Å². The van der Waals surface area contributed by atoms with Crippen molar-refractivity contribution in [1.82, 2.24) is 19.6 Å². The Hall–Kier alpha value is -3.01. The van der Waals surface area contributed by atoms with Gasteiger partial charge < -0.3 is 14.6 Å². The molecular formula is C26H28N4O4S. The van der Waals surface area contributed by atoms with Crippen molar-refractivity contribution in [2.24, 2.45) is 5.41 Å². The summed E-state index contributed by atoms with van der Waals surface area (Å²) in [5, 5.41) is 0.0326. The van der Waals surface area contributed by atoms with E-state index in [1.165, 1.54) is 12.5 Å². The molecule has 0 bridgehead atoms. The molecule has 35 heavy (non-hydrogen) atoms. The molecule has 0 unspecified atom stereocenters. The van der Waals surface area contributed by atoms with Gasteiger partial charge in [0.25, 0.3) is 15.9 Å². The minimum atomic E-state index is -3.81. The molecule has 8 nitrogen and oxygen atoms in total. The van der Waals surface area contributed by atoms with Crippen LogP contribution in [0.15, 0.2) is 72.1 Å². The van der Waals surface area contributed by atoms with Gasteiger partial charge in [-0.2, -0.15) is 0 Å². The minimum absolute atomic E-state index is 0.0324. The molecule has 9 heteroatoms. The molecule has 2 aliphatic heterocycles. The zero-order valence-electron chi connectivity index (χ0n) is 19.3. The summed E-state index contributed by atoms with van der Waals surface area (Å²) in [6.07, 6.45) is 5.28. The van der Waals surface area contributed by atoms with Gasteiger partial charge in [-0.25, -0.2) is 18.1 Å². The Morgan fingerprint density at radius 1 is 1.14 bits per heavy atom. The van der Waals surface area contributed by atoms with E-state index in [1.807, 2.05) is 35.2 Å². The largest absolute Gasteiger partial charge is 0.368 e. The van der Waals surface area contributed by atoms with Crippen molar-refractivity contribution in [2.45, 2.75) is 48.9 Å². The Kier molecular flexibility index (Phi) is 5.51. The van der Waals surface area contributed by atoms with Crippen LogP contribution in [0.4, 0.5) is 0 Å². The summed E-state index contributed by atoms with van der Waals surface area (Å²) in [4.78, 5) is 21.8. The number of benzene rings is 2. The topological polar surface area (TPSA) is 104 Å². The van der Waals surface area contributed by atoms with Crippen LogP contribution in [0.3, 0.4) is 0 Å². The van der Waals surface area contributed by atoms with E-state index in [0.29, 0.717) is 26.0 Å². The molecule has 0 radical (unpaired) electrons. The van der Waals surface area contributed by atoms with E-state index in [1.54, 1.807) is 0 Å². The Morgan fingerprint density at radius 3 is 2.57 bits per heavy atom. The van der Waals surface area contributed by atoms with Gasteiger partial charge in [-0.05, 0) is 36.0 Å². The number of hydrogen-bond acceptors (Lipinski definition) is 5. The van der Waals surface area contributed by atoms with E-state index in [9.17, 15) is 13.2 Å². The number of H-pyrrole nitrogens is 1. The normalized spacial score (nSPS) is 24.9. The Morgan fingerprint density at radius 2 is 1.91 bits per heavy atom. The Labute approximate surface area is 204 Å². The Bertz CT molecular complexity index is 1320. The van der Waals surface area contributed by atoms with Crippen LogP contribution >= 0.6 is 0 Å². The van der Waals surface area contributed by atoms with Gasteiger partial charge in [0.2, 0.25) is 0 Å². The molecule has 2 aromatic carbocycles. The zero-order chi connectivity index (χ0) is 24.0. The van der Waals surface area contributed by atoms with Crippen molar-refractivity contribution >= 4 is 15.9 Å². The second-order valence-electron chi connectivity index (χ2n) is 9.83. The predicted molar refractivity (Wildman–Crippen MR) is 130 cm³/mol. The third kappa shape index (κ3) is 4.17. The summed E-state index contributed by atoms with van der Waals surface area (Å²) in [5.74, 6) is -0.0324. The summed E-state index contributed by atoms with van der Waals surface area (Å²) in [5.41, 5.74) is 3.03. The first kappa shape index (κ1) is 22.5. The van der Waals surface area contributed by atoms with Gasteiger partial charge in [0.05, 0.1) is 31.2 Å². The van der Waals surface area contributed by atoms with Crippen LogP contribution < -0.4 is 4.72 Å². The fourth-order valence-electron chi connectivity index (χ4n) is 5.43. The van der Waals surface area contributed by atoms with Gasteiger partial charge in [-0.3, -0.25) is 4.79 Å². The first-order valence-electron chi connectivity index (χ1n) is 12.0. The van der Waals surface area contributed by atoms with Gasteiger partial charge in [0.15, 0.2) is 5.03 Å². The fraction of sp³-hybridized carbons (Fsp3) is 0.385. The highest BCUT2D eigenvalue weighted by Gasteiger charge is 2.62. The number of ether oxygens (including phenoxy) is 1. The highest BCUT2D eigenvalue weighted by atomic mass is 32.2. The smallest absolute Gasteiger partial charge is 0.257 e. The molecule has 3 aromatic rings. The number of nitrogens with zero attached hydrogens (tertiary/aromatic N) is 2. The molecule has 2 N–H and O–H groups in total. The maximum Gasteiger partial charge on any atom is 0.257 e. The van der Waals surface area contributed by atoms with E-state index in [0.717, 1.165) is 29.5 Å². The number of rotatable bonds is 7. The lowest BCUT2D eigenvalue weighted by atomic mass is 9.91. The standard InChI is InChI=1S/C26H28N4O4S/c31-25(22-9-12-34-22)30-16-26(10-11-26)24(29-35(32,33)23-15-27-17-28-23)21(30)14-18-5-4-8-20(13-18)19-6-2-1-3-7-19/h1-8,13,15,17,21-22,24,29H,9-12,14,16H2,(H,27,28)/t21-,22+,24+/m0/s1. The second kappa shape index (κ2) is 8.58. The summed E-state index contributed by atoms with van der Waals surface area (Å²) < 4.78 is 34.8. The molecule has 1 spiro atoms. The van der Waals surface area contributed by atoms with Crippen LogP contribution in [-0.2, 0) is 26.0 Å². The van der Waals surface area contributed by atoms with Crippen LogP contribution in [0.1, 0.15) is 24.8 Å². The van der Waals surface area contributed by atoms with E-state index < -0.39 is 16.1 Å². The van der Waals surface area contributed by atoms with E-state index in [-0.39, 0.29) is 28.4 Å². The summed E-state index contributed by atoms with van der Waals surface area (Å²) in [6.45, 7) is 1.14. The molecule has 6 rings (SSSR count). The van der Waals surface area contributed by atoms with Crippen molar-refractivity contribution in [3.63, 3.8) is 0 Å². The molecule has 3 atom stereocenters. The van der Waals surface area contributed by atoms with Crippen LogP contribution in [-0.4, -0.2) is 60.5 Å². The molecule has 1 amide bonds. The molecular weight excluding hydrogens is 464 g/mol. The number of aromatic amines is 1. The number of carbonyl (C=O) groups excluding carboxylic acids is 1. The maximum absolute atomic E-state index is 13.4. The highest BCUT2D eigenvalue weighted by molar-refractivity contribution is 7.89. The van der Waals surface area contributed by atoms with Gasteiger partial charge in [0, 0.05) is 18.4 Å². The van der Waals surface area contributed by atoms with Gasteiger partial charge in [-0.1, -0.05) is 54.6 Å². The lowest BCUT2D eigenvalue weighted by Crippen LogP contribution is -2.53. The van der Waals surface area contributed by atoms with E-state index in [2.05, 4.69) is 39.0 Å². The van der Waals surface area contributed by atoms with Crippen LogP contribution in [0.25, 0.3) is 11.1 Å². The average molecular weight is 493 g/mol. The number of amides is 1. The lowest BCUT2D eigenvalue weighted by molar-refractivity contribution is -0.157. The van der Waals surface area contributed by atoms with Crippen molar-refractivity contribution in [2.75, 3.05) is 13.2 Å². The Balaban J connectivity index is 1.34. The van der Waals surface area contributed by atoms with Crippen LogP contribution in [0.2, 0.25) is 0 Å². The number of sulfonamides is 1. The molecule has 1 aliphatic carbocycles.